The van der Waals surface area contributed by atoms with Crippen molar-refractivity contribution in [2.45, 2.75) is 0 Å². The van der Waals surface area contributed by atoms with Crippen LogP contribution in [0.2, 0.25) is 0 Å². The Morgan fingerprint density at radius 1 is 1.67 bits per heavy atom. The van der Waals surface area contributed by atoms with Crippen molar-refractivity contribution in [2.24, 2.45) is 0 Å². The summed E-state index contributed by atoms with van der Waals surface area (Å²) in [5, 5.41) is 9.75. The quantitative estimate of drug-likeness (QED) is 0.633. The van der Waals surface area contributed by atoms with Crippen molar-refractivity contribution in [3.05, 3.63) is 5.21 Å². The Balaban J connectivity index is 2.11. The molecule has 0 bridgehead atoms. The summed E-state index contributed by atoms with van der Waals surface area (Å²) < 4.78 is 8.68. The van der Waals surface area contributed by atoms with E-state index in [1.807, 2.05) is 18.6 Å². The summed E-state index contributed by atoms with van der Waals surface area (Å²) in [4.78, 5) is 0. The van der Waals surface area contributed by atoms with Crippen LogP contribution in [0.1, 0.15) is 0 Å². The van der Waals surface area contributed by atoms with E-state index in [2.05, 4.69) is 6.33 Å². The van der Waals surface area contributed by atoms with Crippen LogP contribution in [0.3, 0.4) is 0 Å². The molecule has 1 rings (SSSR count). The van der Waals surface area contributed by atoms with E-state index in [4.69, 9.17) is 0 Å². The third-order valence-electron chi connectivity index (χ3n) is 0.221. The predicted octanol–water partition coefficient (Wildman–Crippen LogP) is 1.35. The van der Waals surface area contributed by atoms with Gasteiger partial charge in [0, 0.05) is 0 Å². The molecule has 0 aromatic carbocycles. The Kier molecular flexibility index (Phi) is 1.85. The Morgan fingerprint density at radius 3 is 2.17 bits per heavy atom. The molecule has 38 valence electrons. The molecule has 1 heterocycles. The van der Waals surface area contributed by atoms with Gasteiger partial charge in [-0.1, -0.05) is 0 Å². The Bertz CT molecular complexity index is 44.8. The molecule has 1 aliphatic rings. The topological polar surface area (TPSA) is 44.8 Å². The van der Waals surface area contributed by atoms with Crippen LogP contribution in [0.15, 0.2) is 0 Å². The van der Waals surface area contributed by atoms with Gasteiger partial charge >= 0.3 is 52.2 Å². The summed E-state index contributed by atoms with van der Waals surface area (Å²) in [5.74, 6) is 0. The summed E-state index contributed by atoms with van der Waals surface area (Å²) >= 11 is 0.399. The first-order chi connectivity index (χ1) is 2.79. The number of rotatable bonds is 0. The Morgan fingerprint density at radius 2 is 2.17 bits per heavy atom. The third kappa shape index (κ3) is 1.13. The van der Waals surface area contributed by atoms with Crippen molar-refractivity contribution >= 4 is 35.3 Å². The fourth-order valence-electron chi connectivity index (χ4n) is 0.0938. The van der Waals surface area contributed by atoms with Gasteiger partial charge in [0.15, 0.2) is 0 Å². The molecule has 0 radical (unpaired) electrons. The Hall–Kier alpha value is 1.30. The van der Waals surface area contributed by atoms with Crippen LogP contribution in [-0.4, -0.2) is 5.39 Å². The number of nitrogens with zero attached hydrogens (tertiary/aromatic N) is 1. The minimum absolute atomic E-state index is 0.136. The molecule has 0 N–H and O–H groups in total. The summed E-state index contributed by atoms with van der Waals surface area (Å²) in [6, 6.07) is 0. The van der Waals surface area contributed by atoms with Crippen LogP contribution < -0.4 is 0 Å². The fraction of sp³-hybridized carbons (Fsp3) is 0. The maximum absolute atomic E-state index is 9.62. The zero-order valence-corrected chi connectivity index (χ0v) is 6.74. The molecular weight excluding hydrogens is 316 g/mol. The summed E-state index contributed by atoms with van der Waals surface area (Å²) in [7, 11) is 0. The standard InChI is InChI=1S/I2NO3/c1-2-5-3(4)6-2/q-1. The first-order valence-corrected chi connectivity index (χ1v) is 9.05. The molecule has 0 unspecified atom stereocenters. The van der Waals surface area contributed by atoms with Gasteiger partial charge in [0.1, 0.15) is 0 Å². The minimum atomic E-state index is -1.58. The number of halogens is 2. The first-order valence-electron chi connectivity index (χ1n) is 0.999. The zero-order chi connectivity index (χ0) is 4.57. The average molecular weight is 316 g/mol. The molecule has 0 saturated carbocycles. The number of hydrogen-bond donors (Lipinski definition) is 0. The van der Waals surface area contributed by atoms with Crippen LogP contribution in [0.25, 0.3) is 0 Å². The molecule has 0 amide bonds. The normalized spacial score (nSPS) is 30.0. The van der Waals surface area contributed by atoms with E-state index in [9.17, 15) is 5.21 Å². The van der Waals surface area contributed by atoms with Crippen LogP contribution >= 0.6 is 35.3 Å². The van der Waals surface area contributed by atoms with Crippen LogP contribution in [0.4, 0.5) is 0 Å². The summed E-state index contributed by atoms with van der Waals surface area (Å²) in [6.07, 6.45) is 0. The second kappa shape index (κ2) is 2.05. The zero-order valence-electron chi connectivity index (χ0n) is 2.43. The van der Waals surface area contributed by atoms with Crippen molar-refractivity contribution in [3.63, 3.8) is 0 Å². The van der Waals surface area contributed by atoms with Crippen LogP contribution in [0, 0.1) is 5.21 Å². The second-order valence-electron chi connectivity index (χ2n) is 0.541. The van der Waals surface area contributed by atoms with Gasteiger partial charge in [0.05, 0.1) is 0 Å². The van der Waals surface area contributed by atoms with E-state index >= 15 is 0 Å². The molecule has 6 heteroatoms. The molecule has 0 atom stereocenters. The van der Waals surface area contributed by atoms with Gasteiger partial charge in [-0.15, -0.1) is 0 Å². The Labute approximate surface area is 51.9 Å². The number of hydrogen-bond acceptors (Lipinski definition) is 4. The SMILES string of the molecule is [O-]N1OI(I)O1. The first kappa shape index (κ1) is 5.44. The molecule has 0 aliphatic carbocycles. The molecule has 4 nitrogen and oxygen atoms in total. The molecule has 6 heavy (non-hydrogen) atoms. The van der Waals surface area contributed by atoms with Crippen molar-refractivity contribution in [1.82, 2.24) is 5.39 Å². The van der Waals surface area contributed by atoms with Gasteiger partial charge in [0.25, 0.3) is 0 Å². The van der Waals surface area contributed by atoms with Gasteiger partial charge in [-0.25, -0.2) is 0 Å². The molecule has 1 aliphatic heterocycles. The second-order valence-corrected chi connectivity index (χ2v) is 6.82. The van der Waals surface area contributed by atoms with Crippen molar-refractivity contribution in [3.8, 4) is 0 Å². The predicted molar refractivity (Wildman–Crippen MR) is 35.4 cm³/mol. The van der Waals surface area contributed by atoms with Crippen LogP contribution in [0.5, 0.6) is 0 Å². The fourth-order valence-corrected chi connectivity index (χ4v) is 2.26. The van der Waals surface area contributed by atoms with Gasteiger partial charge < -0.3 is 0 Å². The van der Waals surface area contributed by atoms with E-state index in [1.165, 1.54) is 0 Å². The van der Waals surface area contributed by atoms with Gasteiger partial charge in [-0.3, -0.25) is 0 Å². The molecule has 0 spiro atoms. The van der Waals surface area contributed by atoms with E-state index < -0.39 is 16.7 Å². The summed E-state index contributed by atoms with van der Waals surface area (Å²) in [5.41, 5.74) is 0. The van der Waals surface area contributed by atoms with Crippen molar-refractivity contribution < 1.29 is 6.33 Å². The monoisotopic (exact) mass is 316 g/mol. The van der Waals surface area contributed by atoms with E-state index in [0.717, 1.165) is 0 Å². The third-order valence-corrected chi connectivity index (χ3v) is 3.48. The van der Waals surface area contributed by atoms with Gasteiger partial charge in [0.2, 0.25) is 0 Å². The molecule has 1 fully saturated rings. The maximum atomic E-state index is 9.62. The molecule has 0 aromatic heterocycles. The molecular formula is I2NO3-. The van der Waals surface area contributed by atoms with E-state index in [1.54, 1.807) is 0 Å². The van der Waals surface area contributed by atoms with Crippen molar-refractivity contribution in [2.75, 3.05) is 0 Å². The van der Waals surface area contributed by atoms with E-state index in [-0.39, 0.29) is 5.39 Å². The summed E-state index contributed by atoms with van der Waals surface area (Å²) in [6.45, 7) is 0. The average Bonchev–Trinajstić information content (AvgIpc) is 1.33. The van der Waals surface area contributed by atoms with Gasteiger partial charge in [-0.05, 0) is 0 Å². The van der Waals surface area contributed by atoms with Gasteiger partial charge in [-0.2, -0.15) is 0 Å². The molecule has 1 saturated heterocycles. The molecule has 0 aromatic rings. The van der Waals surface area contributed by atoms with Crippen molar-refractivity contribution in [1.29, 1.82) is 0 Å². The van der Waals surface area contributed by atoms with Crippen LogP contribution in [-0.2, 0) is 6.33 Å². The van der Waals surface area contributed by atoms with E-state index in [0.29, 0.717) is 0 Å².